The van der Waals surface area contributed by atoms with Crippen molar-refractivity contribution in [2.45, 2.75) is 57.8 Å². The molecule has 130 valence electrons. The van der Waals surface area contributed by atoms with Crippen molar-refractivity contribution in [2.24, 2.45) is 5.41 Å². The predicted octanol–water partition coefficient (Wildman–Crippen LogP) is 4.08. The lowest BCUT2D eigenvalue weighted by molar-refractivity contribution is -0.164. The molecule has 0 radical (unpaired) electrons. The molecule has 0 spiro atoms. The van der Waals surface area contributed by atoms with Crippen molar-refractivity contribution in [2.75, 3.05) is 6.61 Å². The molecule has 2 atom stereocenters. The van der Waals surface area contributed by atoms with Crippen LogP contribution in [-0.2, 0) is 20.4 Å². The molecular weight excluding hydrogens is 318 g/mol. The molecule has 0 saturated heterocycles. The summed E-state index contributed by atoms with van der Waals surface area (Å²) in [6.45, 7) is 8.29. The lowest BCUT2D eigenvalue weighted by atomic mass is 9.70. The predicted molar refractivity (Wildman–Crippen MR) is 95.8 cm³/mol. The second-order valence-electron chi connectivity index (χ2n) is 7.47. The first kappa shape index (κ1) is 18.7. The summed E-state index contributed by atoms with van der Waals surface area (Å²) in [6, 6.07) is 12.2. The van der Waals surface area contributed by atoms with Crippen LogP contribution in [0.1, 0.15) is 31.7 Å². The van der Waals surface area contributed by atoms with Crippen molar-refractivity contribution in [3.63, 3.8) is 0 Å². The van der Waals surface area contributed by atoms with Gasteiger partial charge in [-0.05, 0) is 57.8 Å². The summed E-state index contributed by atoms with van der Waals surface area (Å²) < 4.78 is 11.8. The summed E-state index contributed by atoms with van der Waals surface area (Å²) in [5, 5.41) is 10.1. The molecule has 5 heteroatoms. The van der Waals surface area contributed by atoms with E-state index < -0.39 is 19.3 Å². The van der Waals surface area contributed by atoms with Crippen molar-refractivity contribution in [1.29, 1.82) is 5.26 Å². The smallest absolute Gasteiger partial charge is 0.316 e. The maximum Gasteiger partial charge on any atom is 0.316 e. The SMILES string of the molecule is CCOC(=O)[C@]1(Cc2ccccc2)CCC[C@@]1(C#N)O[Si](C)(C)C. The van der Waals surface area contributed by atoms with Gasteiger partial charge in [0, 0.05) is 0 Å². The van der Waals surface area contributed by atoms with Gasteiger partial charge < -0.3 is 9.16 Å². The molecule has 1 aliphatic rings. The average molecular weight is 346 g/mol. The average Bonchev–Trinajstić information content (AvgIpc) is 2.86. The quantitative estimate of drug-likeness (QED) is 0.576. The molecule has 2 rings (SSSR count). The Bertz CT molecular complexity index is 620. The van der Waals surface area contributed by atoms with Gasteiger partial charge in [0.2, 0.25) is 0 Å². The Kier molecular flexibility index (Phi) is 5.51. The first-order chi connectivity index (χ1) is 11.3. The highest BCUT2D eigenvalue weighted by Crippen LogP contribution is 2.52. The first-order valence-electron chi connectivity index (χ1n) is 8.61. The number of carbonyl (C=O) groups excluding carboxylic acids is 1. The number of rotatable bonds is 6. The van der Waals surface area contributed by atoms with Gasteiger partial charge in [0.25, 0.3) is 0 Å². The van der Waals surface area contributed by atoms with E-state index in [1.807, 2.05) is 30.3 Å². The topological polar surface area (TPSA) is 59.3 Å². The van der Waals surface area contributed by atoms with E-state index >= 15 is 0 Å². The molecular formula is C19H27NO3Si. The summed E-state index contributed by atoms with van der Waals surface area (Å²) in [4.78, 5) is 13.0. The van der Waals surface area contributed by atoms with Crippen LogP contribution in [0.5, 0.6) is 0 Å². The van der Waals surface area contributed by atoms with Crippen LogP contribution in [0, 0.1) is 16.7 Å². The Morgan fingerprint density at radius 2 is 1.92 bits per heavy atom. The second kappa shape index (κ2) is 7.08. The Morgan fingerprint density at radius 1 is 1.25 bits per heavy atom. The zero-order chi connectivity index (χ0) is 17.8. The van der Waals surface area contributed by atoms with Crippen molar-refractivity contribution >= 4 is 14.3 Å². The maximum absolute atomic E-state index is 13.0. The van der Waals surface area contributed by atoms with Crippen molar-refractivity contribution in [3.05, 3.63) is 35.9 Å². The van der Waals surface area contributed by atoms with E-state index in [9.17, 15) is 10.1 Å². The molecule has 0 unspecified atom stereocenters. The minimum Gasteiger partial charge on any atom is -0.465 e. The van der Waals surface area contributed by atoms with Crippen LogP contribution in [0.2, 0.25) is 19.6 Å². The van der Waals surface area contributed by atoms with Crippen molar-refractivity contribution < 1.29 is 14.0 Å². The molecule has 1 aliphatic carbocycles. The molecule has 4 nitrogen and oxygen atoms in total. The van der Waals surface area contributed by atoms with Crippen LogP contribution < -0.4 is 0 Å². The van der Waals surface area contributed by atoms with Crippen LogP contribution >= 0.6 is 0 Å². The Labute approximate surface area is 145 Å². The molecule has 1 aromatic carbocycles. The van der Waals surface area contributed by atoms with Gasteiger partial charge in [0.15, 0.2) is 13.9 Å². The summed E-state index contributed by atoms with van der Waals surface area (Å²) >= 11 is 0. The number of nitriles is 1. The number of ether oxygens (including phenoxy) is 1. The summed E-state index contributed by atoms with van der Waals surface area (Å²) in [5.41, 5.74) is -0.995. The van der Waals surface area contributed by atoms with Crippen molar-refractivity contribution in [1.82, 2.24) is 0 Å². The van der Waals surface area contributed by atoms with Gasteiger partial charge in [-0.15, -0.1) is 0 Å². The second-order valence-corrected chi connectivity index (χ2v) is 11.9. The summed E-state index contributed by atoms with van der Waals surface area (Å²) in [5.74, 6) is -0.300. The lowest BCUT2D eigenvalue weighted by Crippen LogP contribution is -2.56. The number of esters is 1. The van der Waals surface area contributed by atoms with Crippen LogP contribution in [-0.4, -0.2) is 26.5 Å². The van der Waals surface area contributed by atoms with E-state index in [0.717, 1.165) is 12.0 Å². The molecule has 0 bridgehead atoms. The minimum atomic E-state index is -2.02. The van der Waals surface area contributed by atoms with Gasteiger partial charge in [-0.1, -0.05) is 30.3 Å². The van der Waals surface area contributed by atoms with Gasteiger partial charge >= 0.3 is 5.97 Å². The molecule has 0 N–H and O–H groups in total. The van der Waals surface area contributed by atoms with E-state index in [-0.39, 0.29) is 5.97 Å². The van der Waals surface area contributed by atoms with Crippen LogP contribution in [0.4, 0.5) is 0 Å². The molecule has 1 aromatic rings. The molecule has 1 fully saturated rings. The monoisotopic (exact) mass is 345 g/mol. The lowest BCUT2D eigenvalue weighted by Gasteiger charge is -2.42. The summed E-state index contributed by atoms with van der Waals surface area (Å²) in [7, 11) is -2.02. The van der Waals surface area contributed by atoms with Crippen LogP contribution in [0.3, 0.4) is 0 Å². The van der Waals surface area contributed by atoms with E-state index in [2.05, 4.69) is 25.7 Å². The normalized spacial score (nSPS) is 26.8. The zero-order valence-electron chi connectivity index (χ0n) is 15.1. The highest BCUT2D eigenvalue weighted by Gasteiger charge is 2.63. The molecule has 1 saturated carbocycles. The van der Waals surface area contributed by atoms with E-state index in [1.54, 1.807) is 6.92 Å². The van der Waals surface area contributed by atoms with Gasteiger partial charge in [0.05, 0.1) is 12.7 Å². The summed E-state index contributed by atoms with van der Waals surface area (Å²) in [6.07, 6.45) is 2.48. The van der Waals surface area contributed by atoms with E-state index in [4.69, 9.17) is 9.16 Å². The molecule has 0 heterocycles. The van der Waals surface area contributed by atoms with Gasteiger partial charge in [-0.3, -0.25) is 4.79 Å². The molecule has 0 amide bonds. The Morgan fingerprint density at radius 3 is 2.46 bits per heavy atom. The third kappa shape index (κ3) is 3.55. The number of hydrogen-bond donors (Lipinski definition) is 0. The van der Waals surface area contributed by atoms with Gasteiger partial charge in [0.1, 0.15) is 5.41 Å². The number of benzene rings is 1. The van der Waals surface area contributed by atoms with Crippen LogP contribution in [0.25, 0.3) is 0 Å². The number of carbonyl (C=O) groups is 1. The fourth-order valence-corrected chi connectivity index (χ4v) is 5.11. The van der Waals surface area contributed by atoms with Crippen LogP contribution in [0.15, 0.2) is 30.3 Å². The Balaban J connectivity index is 2.51. The van der Waals surface area contributed by atoms with Gasteiger partial charge in [-0.25, -0.2) is 0 Å². The fourth-order valence-electron chi connectivity index (χ4n) is 3.72. The third-order valence-electron chi connectivity index (χ3n) is 4.58. The standard InChI is InChI=1S/C19H27NO3Si/c1-5-22-17(21)18(14-16-10-7-6-8-11-16)12-9-13-19(18,15-20)23-24(2,3)4/h6-8,10-11H,5,9,12-14H2,1-4H3/t18-,19+/m1/s1. The molecule has 0 aromatic heterocycles. The highest BCUT2D eigenvalue weighted by atomic mass is 28.4. The Hall–Kier alpha value is -1.64. The van der Waals surface area contributed by atoms with E-state index in [0.29, 0.717) is 25.9 Å². The maximum atomic E-state index is 13.0. The van der Waals surface area contributed by atoms with E-state index in [1.165, 1.54) is 0 Å². The largest absolute Gasteiger partial charge is 0.465 e. The fraction of sp³-hybridized carbons (Fsp3) is 0.579. The molecule has 0 aliphatic heterocycles. The minimum absolute atomic E-state index is 0.300. The highest BCUT2D eigenvalue weighted by molar-refractivity contribution is 6.69. The molecule has 24 heavy (non-hydrogen) atoms. The first-order valence-corrected chi connectivity index (χ1v) is 12.0. The number of hydrogen-bond acceptors (Lipinski definition) is 4. The number of nitrogens with zero attached hydrogens (tertiary/aromatic N) is 1. The van der Waals surface area contributed by atoms with Gasteiger partial charge in [-0.2, -0.15) is 5.26 Å². The van der Waals surface area contributed by atoms with Crippen molar-refractivity contribution in [3.8, 4) is 6.07 Å². The zero-order valence-corrected chi connectivity index (χ0v) is 16.1. The third-order valence-corrected chi connectivity index (χ3v) is 5.54.